The maximum atomic E-state index is 14.0. The van der Waals surface area contributed by atoms with Crippen LogP contribution < -0.4 is 16.2 Å². The second-order valence-corrected chi connectivity index (χ2v) is 21.3. The van der Waals surface area contributed by atoms with Gasteiger partial charge in [0.05, 0.1) is 49.1 Å². The molecule has 2 aliphatic heterocycles. The monoisotopic (exact) mass is 948 g/mol. The van der Waals surface area contributed by atoms with Crippen LogP contribution in [0.5, 0.6) is 0 Å². The maximum Gasteiger partial charge on any atom is 0.407 e. The third-order valence-corrected chi connectivity index (χ3v) is 16.8. The van der Waals surface area contributed by atoms with Gasteiger partial charge in [0, 0.05) is 18.7 Å². The Morgan fingerprint density at radius 1 is 0.629 bits per heavy atom. The van der Waals surface area contributed by atoms with Gasteiger partial charge < -0.3 is 39.9 Å². The fraction of sp³-hybridized carbons (Fsp3) is 0.509. The summed E-state index contributed by atoms with van der Waals surface area (Å²) in [5.41, 5.74) is 13.2. The van der Waals surface area contributed by atoms with Crippen molar-refractivity contribution in [2.24, 2.45) is 11.8 Å². The summed E-state index contributed by atoms with van der Waals surface area (Å²) in [4.78, 5) is 86.4. The SMILES string of the molecule is COC(=O)NC(C(=O)N1CCCC1c1ncc(-c2ccc(-c3ccc(-c4ccc5nc(C6CCCN6C(=O)C(NC(=O)OC)C(C)C)[nH]c(=O)c5c4)c4c3C3CCC4C3)c3c2C2CCC3C2)[nH]1)C(C)C. The largest absolute Gasteiger partial charge is 0.453 e. The summed E-state index contributed by atoms with van der Waals surface area (Å²) in [5, 5.41) is 5.97. The molecule has 4 heterocycles. The first-order valence-electron chi connectivity index (χ1n) is 25.6. The Kier molecular flexibility index (Phi) is 11.8. The van der Waals surface area contributed by atoms with Gasteiger partial charge in [-0.15, -0.1) is 0 Å². The summed E-state index contributed by atoms with van der Waals surface area (Å²) in [6.07, 6.45) is 10.7. The molecule has 4 bridgehead atoms. The van der Waals surface area contributed by atoms with Crippen molar-refractivity contribution in [1.82, 2.24) is 40.4 Å². The van der Waals surface area contributed by atoms with E-state index in [1.807, 2.05) is 50.9 Å². The first-order chi connectivity index (χ1) is 33.8. The number of imidazole rings is 1. The van der Waals surface area contributed by atoms with Crippen LogP contribution >= 0.6 is 0 Å². The molecule has 0 spiro atoms. The number of ether oxygens (including phenoxy) is 2. The molecule has 4 fully saturated rings. The van der Waals surface area contributed by atoms with Gasteiger partial charge in [0.15, 0.2) is 0 Å². The molecule has 2 saturated carbocycles. The van der Waals surface area contributed by atoms with Gasteiger partial charge in [-0.05, 0) is 156 Å². The lowest BCUT2D eigenvalue weighted by Crippen LogP contribution is -2.51. The molecular formula is C55H64N8O7. The Morgan fingerprint density at radius 3 is 1.64 bits per heavy atom. The summed E-state index contributed by atoms with van der Waals surface area (Å²) in [6, 6.07) is 13.2. The topological polar surface area (TPSA) is 192 Å². The van der Waals surface area contributed by atoms with Crippen molar-refractivity contribution in [2.45, 2.75) is 140 Å². The van der Waals surface area contributed by atoms with Gasteiger partial charge in [0.25, 0.3) is 5.56 Å². The zero-order chi connectivity index (χ0) is 48.7. The molecule has 5 aromatic rings. The Hall–Kier alpha value is -6.51. The van der Waals surface area contributed by atoms with E-state index in [4.69, 9.17) is 19.4 Å². The molecule has 70 heavy (non-hydrogen) atoms. The molecule has 8 atom stereocenters. The highest BCUT2D eigenvalue weighted by Crippen LogP contribution is 2.62. The Labute approximate surface area is 407 Å². The molecule has 4 amide bonds. The van der Waals surface area contributed by atoms with Gasteiger partial charge in [-0.1, -0.05) is 58.0 Å². The summed E-state index contributed by atoms with van der Waals surface area (Å²) in [5.74, 6) is 2.53. The van der Waals surface area contributed by atoms with Crippen LogP contribution in [0.15, 0.2) is 53.5 Å². The molecule has 15 heteroatoms. The molecule has 366 valence electrons. The number of aromatic nitrogens is 4. The zero-order valence-electron chi connectivity index (χ0n) is 41.0. The number of carbonyl (C=O) groups excluding carboxylic acids is 4. The van der Waals surface area contributed by atoms with Crippen molar-refractivity contribution in [2.75, 3.05) is 27.3 Å². The van der Waals surface area contributed by atoms with Crippen molar-refractivity contribution in [3.05, 3.63) is 92.9 Å². The van der Waals surface area contributed by atoms with E-state index >= 15 is 0 Å². The van der Waals surface area contributed by atoms with Crippen LogP contribution in [-0.2, 0) is 19.1 Å². The number of methoxy groups -OCH3 is 2. The number of aromatic amines is 2. The highest BCUT2D eigenvalue weighted by Gasteiger charge is 2.45. The van der Waals surface area contributed by atoms with Gasteiger partial charge in [-0.3, -0.25) is 14.4 Å². The number of fused-ring (bicyclic) bond motifs is 11. The lowest BCUT2D eigenvalue weighted by atomic mass is 9.77. The number of nitrogens with zero attached hydrogens (tertiary/aromatic N) is 4. The number of amides is 4. The molecule has 6 aliphatic rings. The van der Waals surface area contributed by atoms with E-state index in [9.17, 15) is 24.0 Å². The lowest BCUT2D eigenvalue weighted by molar-refractivity contribution is -0.136. The molecule has 2 aromatic heterocycles. The van der Waals surface area contributed by atoms with Gasteiger partial charge in [-0.2, -0.15) is 0 Å². The molecule has 4 N–H and O–H groups in total. The summed E-state index contributed by atoms with van der Waals surface area (Å²) in [7, 11) is 2.59. The predicted molar refractivity (Wildman–Crippen MR) is 265 cm³/mol. The summed E-state index contributed by atoms with van der Waals surface area (Å²) < 4.78 is 9.65. The second-order valence-electron chi connectivity index (χ2n) is 21.3. The fourth-order valence-corrected chi connectivity index (χ4v) is 13.5. The minimum absolute atomic E-state index is 0.111. The average molecular weight is 949 g/mol. The van der Waals surface area contributed by atoms with Crippen molar-refractivity contribution < 1.29 is 28.7 Å². The van der Waals surface area contributed by atoms with Crippen molar-refractivity contribution >= 4 is 34.9 Å². The summed E-state index contributed by atoms with van der Waals surface area (Å²) >= 11 is 0. The van der Waals surface area contributed by atoms with Crippen LogP contribution in [0.4, 0.5) is 9.59 Å². The highest BCUT2D eigenvalue weighted by atomic mass is 16.5. The predicted octanol–water partition coefficient (Wildman–Crippen LogP) is 9.46. The quantitative estimate of drug-likeness (QED) is 0.0999. The van der Waals surface area contributed by atoms with E-state index in [1.165, 1.54) is 78.0 Å². The van der Waals surface area contributed by atoms with Gasteiger partial charge in [-0.25, -0.2) is 19.6 Å². The van der Waals surface area contributed by atoms with Crippen LogP contribution in [0, 0.1) is 11.8 Å². The standard InChI is InChI=1S/C55H64N8O7/c1-27(2)47(59-54(67)69-5)52(65)62-21-7-9-41(62)49-56-26-40(58-49)37-19-18-36(45-32-13-14-33(24-32)46(37)45)35-17-16-34(43-30-11-12-31(23-30)44(35)43)29-15-20-39-38(25-29)51(64)61-50(57-39)42-10-8-22-63(42)53(66)48(28(3)4)60-55(68)70-6/h15-20,25-28,30-33,41-42,47-48H,7-14,21-24H2,1-6H3,(H,56,58)(H,59,67)(H,60,68)(H,57,61,64). The summed E-state index contributed by atoms with van der Waals surface area (Å²) in [6.45, 7) is 8.72. The van der Waals surface area contributed by atoms with Crippen LogP contribution in [0.2, 0.25) is 0 Å². The zero-order valence-corrected chi connectivity index (χ0v) is 41.0. The third kappa shape index (κ3) is 7.65. The third-order valence-electron chi connectivity index (χ3n) is 16.8. The first kappa shape index (κ1) is 45.9. The fourth-order valence-electron chi connectivity index (χ4n) is 13.5. The molecule has 4 aliphatic carbocycles. The molecule has 15 nitrogen and oxygen atoms in total. The normalized spacial score (nSPS) is 23.8. The molecule has 0 radical (unpaired) electrons. The highest BCUT2D eigenvalue weighted by molar-refractivity contribution is 5.90. The minimum atomic E-state index is -0.768. The van der Waals surface area contributed by atoms with Gasteiger partial charge in [0.2, 0.25) is 11.8 Å². The number of benzene rings is 3. The maximum absolute atomic E-state index is 14.0. The number of nitrogens with one attached hydrogen (secondary N) is 4. The molecule has 8 unspecified atom stereocenters. The van der Waals surface area contributed by atoms with Crippen LogP contribution in [0.25, 0.3) is 44.4 Å². The number of hydrogen-bond acceptors (Lipinski definition) is 9. The van der Waals surface area contributed by atoms with Crippen molar-refractivity contribution in [3.63, 3.8) is 0 Å². The van der Waals surface area contributed by atoms with Gasteiger partial charge >= 0.3 is 12.2 Å². The minimum Gasteiger partial charge on any atom is -0.453 e. The van der Waals surface area contributed by atoms with Crippen LogP contribution in [0.3, 0.4) is 0 Å². The average Bonchev–Trinajstić information content (AvgIpc) is 4.24. The molecule has 2 saturated heterocycles. The van der Waals surface area contributed by atoms with Gasteiger partial charge in [0.1, 0.15) is 23.7 Å². The van der Waals surface area contributed by atoms with Crippen molar-refractivity contribution in [1.29, 1.82) is 0 Å². The van der Waals surface area contributed by atoms with Crippen LogP contribution in [-0.4, -0.2) is 93.1 Å². The van der Waals surface area contributed by atoms with E-state index < -0.39 is 30.3 Å². The second kappa shape index (κ2) is 18.0. The Balaban J connectivity index is 0.905. The number of carbonyl (C=O) groups is 4. The van der Waals surface area contributed by atoms with Crippen LogP contribution in [0.1, 0.15) is 162 Å². The Morgan fingerprint density at radius 2 is 1.11 bits per heavy atom. The number of alkyl carbamates (subject to hydrolysis) is 2. The lowest BCUT2D eigenvalue weighted by Gasteiger charge is -2.30. The van der Waals surface area contributed by atoms with E-state index in [1.54, 1.807) is 4.90 Å². The Bertz CT molecular complexity index is 2990. The van der Waals surface area contributed by atoms with Crippen molar-refractivity contribution in [3.8, 4) is 33.5 Å². The number of H-pyrrole nitrogens is 2. The van der Waals surface area contributed by atoms with E-state index in [2.05, 4.69) is 50.9 Å². The number of hydrogen-bond donors (Lipinski definition) is 4. The smallest absolute Gasteiger partial charge is 0.407 e. The molecule has 11 rings (SSSR count). The van der Waals surface area contributed by atoms with E-state index in [0.717, 1.165) is 55.6 Å². The molecule has 3 aromatic carbocycles. The number of rotatable bonds is 11. The molecular weight excluding hydrogens is 885 g/mol. The first-order valence-corrected chi connectivity index (χ1v) is 25.6. The van der Waals surface area contributed by atoms with E-state index in [0.29, 0.717) is 59.9 Å². The number of likely N-dealkylation sites (tertiary alicyclic amines) is 2. The van der Waals surface area contributed by atoms with E-state index in [-0.39, 0.29) is 35.3 Å².